The van der Waals surface area contributed by atoms with Crippen molar-refractivity contribution in [2.75, 3.05) is 99.5 Å². The fourth-order valence-corrected chi connectivity index (χ4v) is 20.9. The van der Waals surface area contributed by atoms with Crippen LogP contribution >= 0.6 is 0 Å². The van der Waals surface area contributed by atoms with Crippen molar-refractivity contribution in [1.82, 2.24) is 64.8 Å². The van der Waals surface area contributed by atoms with Crippen molar-refractivity contribution in [2.45, 2.75) is 151 Å². The van der Waals surface area contributed by atoms with Gasteiger partial charge in [-0.05, 0) is 126 Å². The average molecular weight is 1740 g/mol. The number of carbonyl (C=O) groups excluding carboxylic acids is 8. The lowest BCUT2D eigenvalue weighted by Crippen LogP contribution is -2.74. The smallest absolute Gasteiger partial charge is 0.318 e. The first-order valence-corrected chi connectivity index (χ1v) is 45.2. The fraction of sp³-hybridized carbons (Fsp3) is 0.375. The van der Waals surface area contributed by atoms with Crippen molar-refractivity contribution in [3.63, 3.8) is 0 Å². The zero-order chi connectivity index (χ0) is 90.1. The van der Waals surface area contributed by atoms with Gasteiger partial charge in [-0.25, -0.2) is 14.6 Å². The highest BCUT2D eigenvalue weighted by molar-refractivity contribution is 5.98. The lowest BCUT2D eigenvalue weighted by molar-refractivity contribution is -0.161. The van der Waals surface area contributed by atoms with Crippen LogP contribution in [0.5, 0.6) is 0 Å². The van der Waals surface area contributed by atoms with Crippen LogP contribution in [0.2, 0.25) is 0 Å². The van der Waals surface area contributed by atoms with Crippen LogP contribution in [0.15, 0.2) is 237 Å². The van der Waals surface area contributed by atoms with Gasteiger partial charge in [-0.3, -0.25) is 38.7 Å². The summed E-state index contributed by atoms with van der Waals surface area (Å²) < 4.78 is 10.9. The van der Waals surface area contributed by atoms with E-state index < -0.39 is 0 Å². The van der Waals surface area contributed by atoms with E-state index in [1.165, 1.54) is 80.0 Å². The van der Waals surface area contributed by atoms with Crippen LogP contribution in [0.3, 0.4) is 0 Å². The number of urea groups is 2. The molecule has 1 saturated carbocycles. The van der Waals surface area contributed by atoms with E-state index in [1.807, 2.05) is 22.8 Å². The molecule has 129 heavy (non-hydrogen) atoms. The first-order valence-electron chi connectivity index (χ1n) is 45.2. The monoisotopic (exact) mass is 1740 g/mol. The minimum absolute atomic E-state index is 0.00224. The third kappa shape index (κ3) is 19.2. The largest absolute Gasteiger partial charge is 0.394 e. The molecule has 0 bridgehead atoms. The van der Waals surface area contributed by atoms with Crippen LogP contribution in [0.1, 0.15) is 134 Å². The molecule has 0 radical (unpaired) electrons. The summed E-state index contributed by atoms with van der Waals surface area (Å²) in [5, 5.41) is 26.1. The van der Waals surface area contributed by atoms with Gasteiger partial charge >= 0.3 is 12.1 Å². The van der Waals surface area contributed by atoms with Gasteiger partial charge in [0.25, 0.3) is 11.8 Å². The van der Waals surface area contributed by atoms with Crippen molar-refractivity contribution in [2.24, 2.45) is 0 Å². The second-order valence-electron chi connectivity index (χ2n) is 35.6. The van der Waals surface area contributed by atoms with Crippen molar-refractivity contribution in [3.05, 3.63) is 293 Å². The summed E-state index contributed by atoms with van der Waals surface area (Å²) in [5.41, 5.74) is 19.4. The molecule has 10 amide bonds. The third-order valence-corrected chi connectivity index (χ3v) is 27.2. The van der Waals surface area contributed by atoms with E-state index in [4.69, 9.17) is 9.47 Å². The molecule has 12 atom stereocenters. The molecule has 10 heterocycles. The standard InChI is InChI=1S/C27H27N3O3.C27H33N3O3.C25H24N4O3.C25H31N3O3/c1-18-5-3-6-21(13-18)19-8-10-20(11-9-19)26-23-15-29(27(32)22-7-4-12-28-14-22)16-25(31)30(23)24(26)17-33-2;1-18-6-5-7-21(14-18)19-10-12-20(13-11-19)26-23-15-29(16-25(32)30(23)24(26)17-31)27(33)28-22-8-3-2-4-9-22;1-16-3-2-4-19(11-16)17-5-7-18(8-6-17)24-21-13-28(14-23(31)29(21)22(24)15-30)25(32)20-12-26-9-10-27-20;1-4-12-26-25(30)27-14-21-24(22(16-31-3)28(21)23(29)15-27)19-10-8-18(9-11-19)20-7-5-6-17(2)13-20/h3-14,23-24,26H,15-17H2,1-2H3;5-7,10-14,22-24,26,31H,2-4,8-9,15-17H2,1H3,(H,28,33);2-12,21-22,24,30H,13-15H2,1H3;5-11,13,21-22,24H,4,12,14-16H2,1-3H3,(H,26,30)/t2*23-,24+,26-;2*21-,22+,24-/m1000/s1. The molecule has 2 aromatic heterocycles. The molecule has 8 saturated heterocycles. The molecule has 0 unspecified atom stereocenters. The SMILES string of the molecule is CCCNC(=O)N1CC(=O)N2[C@H](COC)[C@@H](c3ccc(-c4cccc(C)c4)cc3)[C@@H]2C1.COC[C@H]1[C@H](c2ccc(-c3cccc(C)c3)cc2)[C@H]2CN(C(=O)c3cccnc3)CC(=O)N21.Cc1cccc(-c2ccc([C@@H]3[C@@H](CO)N4C(=O)CN(C(=O)NC5CCCCC5)C[C@@H]34)cc2)c1.Cc1cccc(-c2ccc([C@@H]3[C@@H](CO)N4C(=O)CN(C(=O)c5cnccn5)C[C@@H]34)cc2)c1. The number of aliphatic hydroxyl groups is 2. The van der Waals surface area contributed by atoms with Crippen LogP contribution in [0.4, 0.5) is 9.59 Å². The predicted molar refractivity (Wildman–Crippen MR) is 493 cm³/mol. The van der Waals surface area contributed by atoms with Gasteiger partial charge in [0.1, 0.15) is 31.9 Å². The fourth-order valence-electron chi connectivity index (χ4n) is 20.9. The van der Waals surface area contributed by atoms with Gasteiger partial charge in [-0.15, -0.1) is 0 Å². The number of amides is 10. The Morgan fingerprint density at radius 2 is 0.752 bits per heavy atom. The summed E-state index contributed by atoms with van der Waals surface area (Å²) in [6.45, 7) is 14.0. The van der Waals surface area contributed by atoms with Gasteiger partial charge in [0.2, 0.25) is 23.6 Å². The first kappa shape index (κ1) is 89.6. The molecule has 10 aromatic rings. The summed E-state index contributed by atoms with van der Waals surface area (Å²) in [7, 11) is 3.34. The topological polar surface area (TPSA) is 284 Å². The number of pyridine rings is 1. The third-order valence-electron chi connectivity index (χ3n) is 27.2. The number of rotatable bonds is 19. The van der Waals surface area contributed by atoms with Crippen LogP contribution < -0.4 is 10.6 Å². The lowest BCUT2D eigenvalue weighted by atomic mass is 9.73. The summed E-state index contributed by atoms with van der Waals surface area (Å²) in [5.74, 6) is -0.449. The molecule has 0 spiro atoms. The van der Waals surface area contributed by atoms with Crippen LogP contribution in [-0.4, -0.2) is 266 Å². The zero-order valence-corrected chi connectivity index (χ0v) is 74.4. The summed E-state index contributed by atoms with van der Waals surface area (Å²) in [4.78, 5) is 129. The van der Waals surface area contributed by atoms with Crippen LogP contribution in [-0.2, 0) is 28.7 Å². The summed E-state index contributed by atoms with van der Waals surface area (Å²) in [6.07, 6.45) is 14.0. The van der Waals surface area contributed by atoms with E-state index in [0.29, 0.717) is 51.5 Å². The van der Waals surface area contributed by atoms with Crippen molar-refractivity contribution >= 4 is 47.5 Å². The van der Waals surface area contributed by atoms with Crippen molar-refractivity contribution < 1.29 is 58.0 Å². The number of methoxy groups -OCH3 is 2. The molecule has 25 nitrogen and oxygen atoms in total. The average Bonchev–Trinajstić information content (AvgIpc) is 0.736. The zero-order valence-electron chi connectivity index (χ0n) is 74.4. The second kappa shape index (κ2) is 40.2. The van der Waals surface area contributed by atoms with Gasteiger partial charge < -0.3 is 69.5 Å². The van der Waals surface area contributed by atoms with Gasteiger partial charge in [0, 0.05) is 101 Å². The Labute approximate surface area is 754 Å². The number of fused-ring (bicyclic) bond motifs is 4. The van der Waals surface area contributed by atoms with Gasteiger partial charge in [0.05, 0.1) is 86.5 Å². The molecule has 8 aromatic carbocycles. The summed E-state index contributed by atoms with van der Waals surface area (Å²) in [6, 6.07) is 70.1. The van der Waals surface area contributed by atoms with Crippen LogP contribution in [0, 0.1) is 27.7 Å². The molecule has 25 heteroatoms. The van der Waals surface area contributed by atoms with Gasteiger partial charge in [-0.1, -0.05) is 243 Å². The molecular formula is C104H115N13O12. The number of hydrogen-bond donors (Lipinski definition) is 4. The minimum atomic E-state index is -0.299. The van der Waals surface area contributed by atoms with Gasteiger partial charge in [0.15, 0.2) is 0 Å². The van der Waals surface area contributed by atoms with E-state index in [1.54, 1.807) is 63.2 Å². The number of aliphatic hydroxyl groups excluding tert-OH is 2. The summed E-state index contributed by atoms with van der Waals surface area (Å²) >= 11 is 0. The number of nitrogens with zero attached hydrogens (tertiary/aromatic N) is 11. The highest BCUT2D eigenvalue weighted by atomic mass is 16.5. The number of aromatic nitrogens is 3. The normalized spacial score (nSPS) is 23.1. The number of nitrogens with one attached hydrogen (secondary N) is 2. The van der Waals surface area contributed by atoms with Crippen molar-refractivity contribution in [1.29, 1.82) is 0 Å². The quantitative estimate of drug-likeness (QED) is 0.0585. The number of hydrogen-bond acceptors (Lipinski definition) is 15. The van der Waals surface area contributed by atoms with Crippen molar-refractivity contribution in [3.8, 4) is 44.5 Å². The van der Waals surface area contributed by atoms with E-state index in [2.05, 4.69) is 241 Å². The second-order valence-corrected chi connectivity index (χ2v) is 35.6. The Morgan fingerprint density at radius 1 is 0.395 bits per heavy atom. The molecule has 9 fully saturated rings. The van der Waals surface area contributed by atoms with E-state index in [9.17, 15) is 48.6 Å². The lowest BCUT2D eigenvalue weighted by Gasteiger charge is -2.59. The number of carbonyl (C=O) groups is 8. The highest BCUT2D eigenvalue weighted by Crippen LogP contribution is 2.49. The molecule has 8 aliphatic heterocycles. The Kier molecular flexibility index (Phi) is 27.9. The van der Waals surface area contributed by atoms with E-state index in [0.717, 1.165) is 71.0 Å². The Balaban J connectivity index is 0.000000126. The number of piperazine rings is 4. The molecular weight excluding hydrogens is 1620 g/mol. The van der Waals surface area contributed by atoms with Gasteiger partial charge in [-0.2, -0.15) is 0 Å². The van der Waals surface area contributed by atoms with E-state index in [-0.39, 0.29) is 171 Å². The molecule has 9 aliphatic rings. The molecule has 1 aliphatic carbocycles. The highest BCUT2D eigenvalue weighted by Gasteiger charge is 2.59. The Bertz CT molecular complexity index is 5650. The first-order chi connectivity index (χ1) is 62.7. The maximum absolute atomic E-state index is 13.0. The molecule has 668 valence electrons. The Hall–Kier alpha value is -12.8. The maximum atomic E-state index is 13.0. The molecule has 4 N–H and O–H groups in total. The molecule has 19 rings (SSSR count). The number of aryl methyl sites for hydroxylation is 4. The van der Waals surface area contributed by atoms with Crippen LogP contribution in [0.25, 0.3) is 44.5 Å². The number of benzene rings is 8. The maximum Gasteiger partial charge on any atom is 0.318 e. The minimum Gasteiger partial charge on any atom is -0.394 e. The van der Waals surface area contributed by atoms with E-state index >= 15 is 0 Å². The predicted octanol–water partition coefficient (Wildman–Crippen LogP) is 12.9. The number of ether oxygens (including phenoxy) is 2. The Morgan fingerprint density at radius 3 is 1.10 bits per heavy atom.